The van der Waals surface area contributed by atoms with Crippen LogP contribution in [0, 0.1) is 11.3 Å². The number of unbranched alkanes of at least 4 members (excludes halogenated alkanes) is 1. The number of amides is 2. The summed E-state index contributed by atoms with van der Waals surface area (Å²) in [5.74, 6) is -1.03. The maximum Gasteiger partial charge on any atom is 0.326 e. The predicted octanol–water partition coefficient (Wildman–Crippen LogP) is 1.18. The predicted molar refractivity (Wildman–Crippen MR) is 62.3 cm³/mol. The van der Waals surface area contributed by atoms with E-state index in [4.69, 9.17) is 10.4 Å². The molecule has 0 aliphatic rings. The van der Waals surface area contributed by atoms with Gasteiger partial charge in [0.1, 0.15) is 6.04 Å². The third-order valence-corrected chi connectivity index (χ3v) is 2.35. The number of nitrogens with zero attached hydrogens (tertiary/aromatic N) is 2. The van der Waals surface area contributed by atoms with Crippen molar-refractivity contribution in [2.45, 2.75) is 38.6 Å². The standard InChI is InChI=1S/C11H19N3O3/c1-3-4-6-9(10(15)16)13-11(17)14(2)8-5-7-12/h9H,3-6,8H2,1-2H3,(H,13,17)(H,15,16)/t9-/m0/s1. The van der Waals surface area contributed by atoms with E-state index >= 15 is 0 Å². The van der Waals surface area contributed by atoms with Gasteiger partial charge in [-0.05, 0) is 6.42 Å². The molecule has 0 unspecified atom stereocenters. The van der Waals surface area contributed by atoms with Crippen LogP contribution in [-0.4, -0.2) is 41.6 Å². The van der Waals surface area contributed by atoms with E-state index in [2.05, 4.69) is 5.32 Å². The number of rotatable bonds is 7. The van der Waals surface area contributed by atoms with Gasteiger partial charge in [0.05, 0.1) is 12.5 Å². The summed E-state index contributed by atoms with van der Waals surface area (Å²) < 4.78 is 0. The molecule has 0 aromatic carbocycles. The lowest BCUT2D eigenvalue weighted by molar-refractivity contribution is -0.139. The second-order valence-corrected chi connectivity index (χ2v) is 3.81. The van der Waals surface area contributed by atoms with Crippen LogP contribution in [-0.2, 0) is 4.79 Å². The van der Waals surface area contributed by atoms with Gasteiger partial charge in [0, 0.05) is 13.6 Å². The number of nitrogens with one attached hydrogen (secondary N) is 1. The molecule has 0 bridgehead atoms. The molecule has 2 amide bonds. The van der Waals surface area contributed by atoms with Crippen LogP contribution in [0.5, 0.6) is 0 Å². The molecule has 17 heavy (non-hydrogen) atoms. The fourth-order valence-electron chi connectivity index (χ4n) is 1.24. The molecule has 0 heterocycles. The van der Waals surface area contributed by atoms with Crippen LogP contribution < -0.4 is 5.32 Å². The summed E-state index contributed by atoms with van der Waals surface area (Å²) in [6.07, 6.45) is 2.28. The zero-order chi connectivity index (χ0) is 13.3. The number of aliphatic carboxylic acids is 1. The maximum atomic E-state index is 11.6. The summed E-state index contributed by atoms with van der Waals surface area (Å²) in [5, 5.41) is 19.7. The van der Waals surface area contributed by atoms with E-state index in [9.17, 15) is 9.59 Å². The Hall–Kier alpha value is -1.77. The van der Waals surface area contributed by atoms with Gasteiger partial charge in [0.25, 0.3) is 0 Å². The van der Waals surface area contributed by atoms with Crippen LogP contribution in [0.3, 0.4) is 0 Å². The quantitative estimate of drug-likeness (QED) is 0.700. The number of carboxylic acid groups (broad SMARTS) is 1. The number of hydrogen-bond donors (Lipinski definition) is 2. The number of carbonyl (C=O) groups is 2. The molecule has 1 atom stereocenters. The average Bonchev–Trinajstić information content (AvgIpc) is 2.30. The van der Waals surface area contributed by atoms with Crippen molar-refractivity contribution >= 4 is 12.0 Å². The van der Waals surface area contributed by atoms with Crippen molar-refractivity contribution in [3.05, 3.63) is 0 Å². The average molecular weight is 241 g/mol. The molecule has 0 aliphatic heterocycles. The molecule has 96 valence electrons. The smallest absolute Gasteiger partial charge is 0.326 e. The van der Waals surface area contributed by atoms with Crippen molar-refractivity contribution in [2.24, 2.45) is 0 Å². The summed E-state index contributed by atoms with van der Waals surface area (Å²) >= 11 is 0. The minimum absolute atomic E-state index is 0.233. The molecule has 0 spiro atoms. The Bertz CT molecular complexity index is 299. The molecule has 6 heteroatoms. The molecule has 0 saturated heterocycles. The van der Waals surface area contributed by atoms with Gasteiger partial charge < -0.3 is 15.3 Å². The monoisotopic (exact) mass is 241 g/mol. The summed E-state index contributed by atoms with van der Waals surface area (Å²) in [6, 6.07) is 0.616. The Kier molecular flexibility index (Phi) is 7.52. The Labute approximate surface area is 101 Å². The Morgan fingerprint density at radius 2 is 2.18 bits per heavy atom. The van der Waals surface area contributed by atoms with E-state index in [1.807, 2.05) is 13.0 Å². The van der Waals surface area contributed by atoms with Crippen molar-refractivity contribution in [3.8, 4) is 6.07 Å². The van der Waals surface area contributed by atoms with Gasteiger partial charge in [-0.25, -0.2) is 9.59 Å². The van der Waals surface area contributed by atoms with E-state index in [0.29, 0.717) is 13.0 Å². The van der Waals surface area contributed by atoms with Gasteiger partial charge >= 0.3 is 12.0 Å². The van der Waals surface area contributed by atoms with Crippen molar-refractivity contribution < 1.29 is 14.7 Å². The summed E-state index contributed by atoms with van der Waals surface area (Å²) in [6.45, 7) is 2.25. The minimum Gasteiger partial charge on any atom is -0.480 e. The molecular formula is C11H19N3O3. The molecule has 0 aliphatic carbocycles. The normalized spacial score (nSPS) is 11.4. The van der Waals surface area contributed by atoms with Gasteiger partial charge in [0.15, 0.2) is 0 Å². The van der Waals surface area contributed by atoms with E-state index in [0.717, 1.165) is 12.8 Å². The molecule has 0 saturated carbocycles. The van der Waals surface area contributed by atoms with Crippen LogP contribution in [0.4, 0.5) is 4.79 Å². The Morgan fingerprint density at radius 3 is 2.65 bits per heavy atom. The summed E-state index contributed by atoms with van der Waals surface area (Å²) in [5.41, 5.74) is 0. The zero-order valence-corrected chi connectivity index (χ0v) is 10.3. The summed E-state index contributed by atoms with van der Waals surface area (Å²) in [7, 11) is 1.53. The fourth-order valence-corrected chi connectivity index (χ4v) is 1.24. The first-order valence-corrected chi connectivity index (χ1v) is 5.64. The lowest BCUT2D eigenvalue weighted by atomic mass is 10.1. The lowest BCUT2D eigenvalue weighted by Crippen LogP contribution is -2.46. The number of nitriles is 1. The number of carboxylic acids is 1. The highest BCUT2D eigenvalue weighted by Crippen LogP contribution is 2.02. The number of hydrogen-bond acceptors (Lipinski definition) is 3. The Balaban J connectivity index is 4.20. The Morgan fingerprint density at radius 1 is 1.53 bits per heavy atom. The molecule has 0 radical (unpaired) electrons. The third-order valence-electron chi connectivity index (χ3n) is 2.35. The lowest BCUT2D eigenvalue weighted by Gasteiger charge is -2.20. The highest BCUT2D eigenvalue weighted by atomic mass is 16.4. The van der Waals surface area contributed by atoms with Gasteiger partial charge in [0.2, 0.25) is 0 Å². The maximum absolute atomic E-state index is 11.6. The third kappa shape index (κ3) is 6.40. The van der Waals surface area contributed by atoms with Crippen LogP contribution in [0.1, 0.15) is 32.6 Å². The first-order chi connectivity index (χ1) is 8.02. The van der Waals surface area contributed by atoms with Crippen molar-refractivity contribution in [1.29, 1.82) is 5.26 Å². The first kappa shape index (κ1) is 15.2. The van der Waals surface area contributed by atoms with Gasteiger partial charge in [-0.15, -0.1) is 0 Å². The SMILES string of the molecule is CCCC[C@H](NC(=O)N(C)CCC#N)C(=O)O. The van der Waals surface area contributed by atoms with E-state index < -0.39 is 18.0 Å². The largest absolute Gasteiger partial charge is 0.480 e. The zero-order valence-electron chi connectivity index (χ0n) is 10.3. The highest BCUT2D eigenvalue weighted by Gasteiger charge is 2.20. The van der Waals surface area contributed by atoms with Crippen LogP contribution in [0.2, 0.25) is 0 Å². The van der Waals surface area contributed by atoms with Crippen LogP contribution >= 0.6 is 0 Å². The van der Waals surface area contributed by atoms with E-state index in [-0.39, 0.29) is 6.42 Å². The second-order valence-electron chi connectivity index (χ2n) is 3.81. The van der Waals surface area contributed by atoms with E-state index in [1.54, 1.807) is 0 Å². The van der Waals surface area contributed by atoms with Crippen LogP contribution in [0.25, 0.3) is 0 Å². The van der Waals surface area contributed by atoms with Crippen molar-refractivity contribution in [1.82, 2.24) is 10.2 Å². The molecule has 6 nitrogen and oxygen atoms in total. The number of carbonyl (C=O) groups excluding carboxylic acids is 1. The molecule has 0 fully saturated rings. The van der Waals surface area contributed by atoms with Crippen molar-refractivity contribution in [2.75, 3.05) is 13.6 Å². The summed E-state index contributed by atoms with van der Waals surface area (Å²) in [4.78, 5) is 23.8. The first-order valence-electron chi connectivity index (χ1n) is 5.64. The molecule has 0 rings (SSSR count). The van der Waals surface area contributed by atoms with Gasteiger partial charge in [-0.1, -0.05) is 19.8 Å². The topological polar surface area (TPSA) is 93.4 Å². The highest BCUT2D eigenvalue weighted by molar-refractivity contribution is 5.82. The second kappa shape index (κ2) is 8.39. The van der Waals surface area contributed by atoms with E-state index in [1.165, 1.54) is 11.9 Å². The number of urea groups is 1. The molecule has 0 aromatic rings. The van der Waals surface area contributed by atoms with Gasteiger partial charge in [-0.3, -0.25) is 0 Å². The fraction of sp³-hybridized carbons (Fsp3) is 0.727. The molecule has 2 N–H and O–H groups in total. The van der Waals surface area contributed by atoms with Crippen molar-refractivity contribution in [3.63, 3.8) is 0 Å². The minimum atomic E-state index is -1.03. The van der Waals surface area contributed by atoms with Gasteiger partial charge in [-0.2, -0.15) is 5.26 Å². The molecular weight excluding hydrogens is 222 g/mol. The van der Waals surface area contributed by atoms with Crippen LogP contribution in [0.15, 0.2) is 0 Å². The molecule has 0 aromatic heterocycles.